The molecule has 196 valence electrons. The third kappa shape index (κ3) is 3.99. The molecule has 4 heterocycles. The average molecular weight is 544 g/mol. The Hall–Kier alpha value is -3.93. The Morgan fingerprint density at radius 2 is 2.00 bits per heavy atom. The molecule has 4 aromatic rings. The second kappa shape index (κ2) is 8.55. The predicted octanol–water partition coefficient (Wildman–Crippen LogP) is 4.17. The van der Waals surface area contributed by atoms with E-state index in [9.17, 15) is 22.8 Å². The first-order valence-corrected chi connectivity index (χ1v) is 12.3. The van der Waals surface area contributed by atoms with Crippen molar-refractivity contribution in [3.63, 3.8) is 0 Å². The topological polar surface area (TPSA) is 119 Å². The van der Waals surface area contributed by atoms with E-state index in [-0.39, 0.29) is 63.5 Å². The summed E-state index contributed by atoms with van der Waals surface area (Å²) in [6.45, 7) is 1.31. The maximum atomic E-state index is 13.7. The quantitative estimate of drug-likeness (QED) is 0.373. The van der Waals surface area contributed by atoms with Crippen molar-refractivity contribution in [2.45, 2.75) is 44.6 Å². The average Bonchev–Trinajstić information content (AvgIpc) is 3.38. The lowest BCUT2D eigenvalue weighted by Gasteiger charge is -2.27. The highest BCUT2D eigenvalue weighted by Crippen LogP contribution is 2.48. The van der Waals surface area contributed by atoms with Gasteiger partial charge in [0, 0.05) is 11.4 Å². The van der Waals surface area contributed by atoms with Crippen molar-refractivity contribution >= 4 is 57.0 Å². The highest BCUT2D eigenvalue weighted by atomic mass is 35.5. The van der Waals surface area contributed by atoms with Crippen molar-refractivity contribution in [3.8, 4) is 0 Å². The van der Waals surface area contributed by atoms with E-state index in [1.807, 2.05) is 0 Å². The first-order chi connectivity index (χ1) is 18.0. The summed E-state index contributed by atoms with van der Waals surface area (Å²) in [4.78, 5) is 40.7. The number of aryl methyl sites for hydroxylation is 1. The van der Waals surface area contributed by atoms with E-state index in [1.165, 1.54) is 6.33 Å². The van der Waals surface area contributed by atoms with E-state index < -0.39 is 17.8 Å². The van der Waals surface area contributed by atoms with Gasteiger partial charge in [-0.1, -0.05) is 17.7 Å². The number of carbonyl (C=O) groups excluding carboxylic acids is 2. The van der Waals surface area contributed by atoms with Gasteiger partial charge in [-0.05, 0) is 55.5 Å². The number of anilines is 2. The number of nitrogen functional groups attached to an aromatic ring is 1. The Kier molecular flexibility index (Phi) is 5.49. The second-order valence-electron chi connectivity index (χ2n) is 9.68. The Balaban J connectivity index is 1.37. The summed E-state index contributed by atoms with van der Waals surface area (Å²) in [7, 11) is 0. The van der Waals surface area contributed by atoms with Crippen molar-refractivity contribution in [2.75, 3.05) is 11.1 Å². The predicted molar refractivity (Wildman–Crippen MR) is 134 cm³/mol. The number of hydrogen-bond donors (Lipinski definition) is 2. The number of amides is 2. The third-order valence-electron chi connectivity index (χ3n) is 7.23. The molecular weight excluding hydrogens is 523 g/mol. The summed E-state index contributed by atoms with van der Waals surface area (Å²) < 4.78 is 42.3. The Morgan fingerprint density at radius 1 is 1.21 bits per heavy atom. The van der Waals surface area contributed by atoms with Gasteiger partial charge >= 0.3 is 6.18 Å². The van der Waals surface area contributed by atoms with Crippen LogP contribution >= 0.6 is 11.6 Å². The molecule has 13 heteroatoms. The summed E-state index contributed by atoms with van der Waals surface area (Å²) in [6, 6.07) is 6.10. The highest BCUT2D eigenvalue weighted by Gasteiger charge is 2.56. The van der Waals surface area contributed by atoms with Gasteiger partial charge < -0.3 is 20.5 Å². The molecule has 1 saturated carbocycles. The second-order valence-corrected chi connectivity index (χ2v) is 10.1. The number of rotatable bonds is 4. The summed E-state index contributed by atoms with van der Waals surface area (Å²) in [5.74, 6) is -0.209. The van der Waals surface area contributed by atoms with Crippen LogP contribution in [0.25, 0.3) is 21.9 Å². The number of nitrogens with two attached hydrogens (primary N) is 1. The number of nitrogens with one attached hydrogen (secondary N) is 1. The van der Waals surface area contributed by atoms with Crippen LogP contribution in [0.5, 0.6) is 0 Å². The molecule has 3 N–H and O–H groups in total. The van der Waals surface area contributed by atoms with Crippen molar-refractivity contribution in [3.05, 3.63) is 52.9 Å². The molecule has 0 unspecified atom stereocenters. The molecule has 2 aliphatic rings. The zero-order valence-corrected chi connectivity index (χ0v) is 20.7. The van der Waals surface area contributed by atoms with Crippen LogP contribution < -0.4 is 11.1 Å². The van der Waals surface area contributed by atoms with Gasteiger partial charge in [-0.3, -0.25) is 9.59 Å². The van der Waals surface area contributed by atoms with Crippen molar-refractivity contribution in [1.82, 2.24) is 24.4 Å². The number of halogens is 4. The minimum absolute atomic E-state index is 0.0135. The van der Waals surface area contributed by atoms with Gasteiger partial charge in [0.05, 0.1) is 16.5 Å². The summed E-state index contributed by atoms with van der Waals surface area (Å²) in [6.07, 6.45) is -2.05. The molecule has 1 aliphatic heterocycles. The number of aromatic nitrogens is 4. The van der Waals surface area contributed by atoms with Gasteiger partial charge in [0.25, 0.3) is 0 Å². The van der Waals surface area contributed by atoms with Crippen LogP contribution in [-0.2, 0) is 22.3 Å². The SMILES string of the molecule is Cc1cc(C(F)(F)F)cc2c3c(N)ncnc3n(CC(=O)N3[C@@H]4C[C@@H]4C[C@H]3C(=O)Nc3cccc(Cl)n3)c12. The van der Waals surface area contributed by atoms with Crippen LogP contribution in [0.3, 0.4) is 0 Å². The molecule has 0 spiro atoms. The van der Waals surface area contributed by atoms with Gasteiger partial charge in [-0.25, -0.2) is 15.0 Å². The maximum absolute atomic E-state index is 13.7. The highest BCUT2D eigenvalue weighted by molar-refractivity contribution is 6.29. The van der Waals surface area contributed by atoms with E-state index >= 15 is 0 Å². The van der Waals surface area contributed by atoms with E-state index in [1.54, 1.807) is 34.6 Å². The molecular formula is C25H21ClF3N7O2. The molecule has 9 nitrogen and oxygen atoms in total. The van der Waals surface area contributed by atoms with Gasteiger partial charge in [0.2, 0.25) is 11.8 Å². The van der Waals surface area contributed by atoms with Crippen molar-refractivity contribution in [2.24, 2.45) is 5.92 Å². The largest absolute Gasteiger partial charge is 0.416 e. The minimum Gasteiger partial charge on any atom is -0.383 e. The van der Waals surface area contributed by atoms with Crippen LogP contribution in [0.15, 0.2) is 36.7 Å². The van der Waals surface area contributed by atoms with Gasteiger partial charge in [-0.2, -0.15) is 13.2 Å². The number of likely N-dealkylation sites (tertiary alicyclic amines) is 1. The molecule has 1 aromatic carbocycles. The first-order valence-electron chi connectivity index (χ1n) is 11.9. The fraction of sp³-hybridized carbons (Fsp3) is 0.320. The van der Waals surface area contributed by atoms with Crippen molar-refractivity contribution < 1.29 is 22.8 Å². The van der Waals surface area contributed by atoms with Crippen molar-refractivity contribution in [1.29, 1.82) is 0 Å². The normalized spacial score (nSPS) is 20.7. The standard InChI is InChI=1S/C25H21ClF3N7O2/c1-11-5-13(25(27,28)29)8-14-20-22(30)31-10-32-23(20)35(21(11)14)9-19(37)36-15-6-12(15)7-16(36)24(38)34-18-4-2-3-17(26)33-18/h2-5,8,10,12,15-16H,6-7,9H2,1H3,(H2,30,31,32)(H,33,34,38)/t12-,15-,16+/m1/s1. The Bertz CT molecular complexity index is 1640. The van der Waals surface area contributed by atoms with Gasteiger partial charge in [0.15, 0.2) is 0 Å². The number of hydrogen-bond acceptors (Lipinski definition) is 6. The Labute approximate surface area is 218 Å². The minimum atomic E-state index is -4.57. The number of pyridine rings is 1. The van der Waals surface area contributed by atoms with Crippen LogP contribution in [0.1, 0.15) is 24.0 Å². The number of nitrogens with zero attached hydrogens (tertiary/aromatic N) is 5. The fourth-order valence-corrected chi connectivity index (χ4v) is 5.72. The smallest absolute Gasteiger partial charge is 0.383 e. The zero-order chi connectivity index (χ0) is 26.9. The molecule has 0 radical (unpaired) electrons. The molecule has 3 atom stereocenters. The number of piperidine rings is 1. The lowest BCUT2D eigenvalue weighted by atomic mass is 10.1. The summed E-state index contributed by atoms with van der Waals surface area (Å²) in [5, 5.41) is 3.41. The van der Waals surface area contributed by atoms with E-state index in [4.69, 9.17) is 17.3 Å². The van der Waals surface area contributed by atoms with Crippen LogP contribution in [-0.4, -0.2) is 48.3 Å². The third-order valence-corrected chi connectivity index (χ3v) is 7.44. The number of benzene rings is 1. The number of fused-ring (bicyclic) bond motifs is 4. The Morgan fingerprint density at radius 3 is 2.74 bits per heavy atom. The summed E-state index contributed by atoms with van der Waals surface area (Å²) >= 11 is 5.92. The fourth-order valence-electron chi connectivity index (χ4n) is 5.56. The maximum Gasteiger partial charge on any atom is 0.416 e. The number of carbonyl (C=O) groups is 2. The number of alkyl halides is 3. The molecule has 38 heavy (non-hydrogen) atoms. The van der Waals surface area contributed by atoms with E-state index in [2.05, 4.69) is 20.3 Å². The lowest BCUT2D eigenvalue weighted by molar-refractivity contribution is -0.138. The molecule has 3 aromatic heterocycles. The lowest BCUT2D eigenvalue weighted by Crippen LogP contribution is -2.46. The van der Waals surface area contributed by atoms with E-state index in [0.717, 1.165) is 18.6 Å². The van der Waals surface area contributed by atoms with Gasteiger partial charge in [-0.15, -0.1) is 0 Å². The molecule has 1 saturated heterocycles. The molecule has 1 aliphatic carbocycles. The molecule has 2 fully saturated rings. The van der Waals surface area contributed by atoms with Crippen LogP contribution in [0.2, 0.25) is 5.15 Å². The summed E-state index contributed by atoms with van der Waals surface area (Å²) in [5.41, 5.74) is 6.20. The molecule has 6 rings (SSSR count). The van der Waals surface area contributed by atoms with Crippen LogP contribution in [0, 0.1) is 12.8 Å². The first kappa shape index (κ1) is 24.4. The van der Waals surface area contributed by atoms with Crippen LogP contribution in [0.4, 0.5) is 24.8 Å². The molecule has 2 amide bonds. The zero-order valence-electron chi connectivity index (χ0n) is 20.0. The van der Waals surface area contributed by atoms with Gasteiger partial charge in [0.1, 0.15) is 41.3 Å². The monoisotopic (exact) mass is 543 g/mol. The van der Waals surface area contributed by atoms with E-state index in [0.29, 0.717) is 17.5 Å². The molecule has 0 bridgehead atoms.